The first-order chi connectivity index (χ1) is 13.0. The fraction of sp³-hybridized carbons (Fsp3) is 0.476. The summed E-state index contributed by atoms with van der Waals surface area (Å²) >= 11 is 8.02. The van der Waals surface area contributed by atoms with Gasteiger partial charge >= 0.3 is 0 Å². The lowest BCUT2D eigenvalue weighted by atomic mass is 9.75. The largest absolute Gasteiger partial charge is 0.324 e. The van der Waals surface area contributed by atoms with Gasteiger partial charge in [-0.25, -0.2) is 4.39 Å². The molecular formula is C21H24ClFN2OS. The van der Waals surface area contributed by atoms with E-state index < -0.39 is 5.41 Å². The van der Waals surface area contributed by atoms with Crippen LogP contribution in [0.1, 0.15) is 48.6 Å². The number of halogens is 2. The molecule has 1 amide bonds. The van der Waals surface area contributed by atoms with Crippen molar-refractivity contribution in [3.05, 3.63) is 50.4 Å². The Bertz CT molecular complexity index is 868. The van der Waals surface area contributed by atoms with E-state index >= 15 is 0 Å². The van der Waals surface area contributed by atoms with Gasteiger partial charge in [-0.3, -0.25) is 9.69 Å². The minimum absolute atomic E-state index is 0.0478. The van der Waals surface area contributed by atoms with Gasteiger partial charge in [0, 0.05) is 18.0 Å². The average Bonchev–Trinajstić information content (AvgIpc) is 3.22. The van der Waals surface area contributed by atoms with E-state index in [0.29, 0.717) is 12.1 Å². The third-order valence-electron chi connectivity index (χ3n) is 6.06. The molecule has 6 heteroatoms. The molecule has 0 aliphatic carbocycles. The molecule has 3 heterocycles. The van der Waals surface area contributed by atoms with E-state index in [9.17, 15) is 9.18 Å². The lowest BCUT2D eigenvalue weighted by molar-refractivity contribution is -0.121. The van der Waals surface area contributed by atoms with Gasteiger partial charge in [-0.2, -0.15) is 0 Å². The highest BCUT2D eigenvalue weighted by atomic mass is 35.5. The van der Waals surface area contributed by atoms with Gasteiger partial charge in [-0.15, -0.1) is 11.3 Å². The van der Waals surface area contributed by atoms with Crippen molar-refractivity contribution in [2.75, 3.05) is 18.4 Å². The molecule has 0 saturated heterocycles. The Morgan fingerprint density at radius 1 is 1.37 bits per heavy atom. The van der Waals surface area contributed by atoms with Crippen LogP contribution >= 0.6 is 22.9 Å². The lowest BCUT2D eigenvalue weighted by Gasteiger charge is -2.28. The molecule has 4 rings (SSSR count). The number of hydrogen-bond acceptors (Lipinski definition) is 3. The number of benzene rings is 1. The van der Waals surface area contributed by atoms with Crippen LogP contribution in [0.15, 0.2) is 23.6 Å². The number of nitrogens with zero attached hydrogens (tertiary/aromatic N) is 1. The fourth-order valence-corrected chi connectivity index (χ4v) is 5.61. The van der Waals surface area contributed by atoms with Crippen LogP contribution in [0.25, 0.3) is 0 Å². The molecule has 0 saturated carbocycles. The van der Waals surface area contributed by atoms with E-state index in [4.69, 9.17) is 11.6 Å². The van der Waals surface area contributed by atoms with Gasteiger partial charge in [0.1, 0.15) is 5.82 Å². The predicted octanol–water partition coefficient (Wildman–Crippen LogP) is 5.37. The van der Waals surface area contributed by atoms with E-state index in [1.54, 1.807) is 0 Å². The third-order valence-corrected chi connectivity index (χ3v) is 7.38. The summed E-state index contributed by atoms with van der Waals surface area (Å²) in [5.41, 5.74) is 2.11. The van der Waals surface area contributed by atoms with Gasteiger partial charge in [0.15, 0.2) is 0 Å². The van der Waals surface area contributed by atoms with Gasteiger partial charge in [0.25, 0.3) is 0 Å². The third kappa shape index (κ3) is 3.41. The monoisotopic (exact) mass is 406 g/mol. The topological polar surface area (TPSA) is 32.3 Å². The van der Waals surface area contributed by atoms with E-state index in [2.05, 4.69) is 21.7 Å². The molecule has 3 nitrogen and oxygen atoms in total. The number of unbranched alkanes of at least 4 members (excludes halogenated alkanes) is 1. The van der Waals surface area contributed by atoms with Crippen molar-refractivity contribution in [3.63, 3.8) is 0 Å². The van der Waals surface area contributed by atoms with Gasteiger partial charge in [-0.05, 0) is 66.9 Å². The minimum atomic E-state index is -0.663. The quantitative estimate of drug-likeness (QED) is 0.654. The van der Waals surface area contributed by atoms with Crippen molar-refractivity contribution in [3.8, 4) is 0 Å². The van der Waals surface area contributed by atoms with Crippen LogP contribution in [0.5, 0.6) is 0 Å². The molecule has 0 radical (unpaired) electrons. The number of carbonyl (C=O) groups excluding carboxylic acids is 1. The SMILES string of the molecule is CCC1(CCCCN2CCc3sccc3C2)C(=O)Nc2c(Cl)cc(F)cc21. The molecule has 2 aliphatic rings. The second-order valence-electron chi connectivity index (χ2n) is 7.55. The van der Waals surface area contributed by atoms with Gasteiger partial charge in [-0.1, -0.05) is 24.9 Å². The average molecular weight is 407 g/mol. The molecule has 144 valence electrons. The number of carbonyl (C=O) groups is 1. The second-order valence-corrected chi connectivity index (χ2v) is 8.96. The van der Waals surface area contributed by atoms with Crippen molar-refractivity contribution in [1.82, 2.24) is 4.90 Å². The molecule has 27 heavy (non-hydrogen) atoms. The van der Waals surface area contributed by atoms with Crippen LogP contribution in [0.4, 0.5) is 10.1 Å². The highest BCUT2D eigenvalue weighted by Gasteiger charge is 2.45. The maximum atomic E-state index is 13.9. The summed E-state index contributed by atoms with van der Waals surface area (Å²) in [7, 11) is 0. The summed E-state index contributed by atoms with van der Waals surface area (Å²) < 4.78 is 13.9. The molecule has 2 aromatic rings. The summed E-state index contributed by atoms with van der Waals surface area (Å²) in [5, 5.41) is 5.35. The molecule has 0 fully saturated rings. The summed E-state index contributed by atoms with van der Waals surface area (Å²) in [5.74, 6) is -0.429. The molecule has 1 aromatic carbocycles. The van der Waals surface area contributed by atoms with Crippen molar-refractivity contribution in [2.45, 2.75) is 51.0 Å². The highest BCUT2D eigenvalue weighted by molar-refractivity contribution is 7.10. The number of hydrogen-bond donors (Lipinski definition) is 1. The van der Waals surface area contributed by atoms with Crippen molar-refractivity contribution in [1.29, 1.82) is 0 Å². The Labute approximate surface area is 168 Å². The van der Waals surface area contributed by atoms with E-state index in [-0.39, 0.29) is 16.7 Å². The number of thiophene rings is 1. The highest BCUT2D eigenvalue weighted by Crippen LogP contribution is 2.47. The number of amides is 1. The van der Waals surface area contributed by atoms with E-state index in [0.717, 1.165) is 50.9 Å². The molecule has 0 bridgehead atoms. The maximum Gasteiger partial charge on any atom is 0.235 e. The van der Waals surface area contributed by atoms with Crippen LogP contribution in [0, 0.1) is 5.82 Å². The van der Waals surface area contributed by atoms with Gasteiger partial charge < -0.3 is 5.32 Å². The smallest absolute Gasteiger partial charge is 0.235 e. The van der Waals surface area contributed by atoms with Crippen LogP contribution in [0.2, 0.25) is 5.02 Å². The Hall–Kier alpha value is -1.43. The van der Waals surface area contributed by atoms with Crippen molar-refractivity contribution in [2.24, 2.45) is 0 Å². The Morgan fingerprint density at radius 2 is 2.22 bits per heavy atom. The van der Waals surface area contributed by atoms with Crippen LogP contribution in [-0.2, 0) is 23.2 Å². The standard InChI is InChI=1S/C21H24ClFN2OS/c1-2-21(16-11-15(23)12-17(22)19(16)24-20(21)26)7-3-4-8-25-9-5-18-14(13-25)6-10-27-18/h6,10-12H,2-5,7-9,13H2,1H3,(H,24,26). The summed E-state index contributed by atoms with van der Waals surface area (Å²) in [6.45, 7) is 5.17. The first-order valence-corrected chi connectivity index (χ1v) is 10.9. The summed E-state index contributed by atoms with van der Waals surface area (Å²) in [6.07, 6.45) is 4.47. The van der Waals surface area contributed by atoms with Gasteiger partial charge in [0.05, 0.1) is 16.1 Å². The summed E-state index contributed by atoms with van der Waals surface area (Å²) in [4.78, 5) is 16.8. The summed E-state index contributed by atoms with van der Waals surface area (Å²) in [6, 6.07) is 4.98. The van der Waals surface area contributed by atoms with Crippen molar-refractivity contribution >= 4 is 34.5 Å². The molecule has 2 aliphatic heterocycles. The number of nitrogens with one attached hydrogen (secondary N) is 1. The normalized spacial score (nSPS) is 21.8. The molecular weight excluding hydrogens is 383 g/mol. The predicted molar refractivity (Wildman–Crippen MR) is 109 cm³/mol. The number of fused-ring (bicyclic) bond motifs is 2. The Kier molecular flexibility index (Phi) is 5.28. The number of anilines is 1. The van der Waals surface area contributed by atoms with Crippen molar-refractivity contribution < 1.29 is 9.18 Å². The fourth-order valence-electron chi connectivity index (χ4n) is 4.47. The lowest BCUT2D eigenvalue weighted by Crippen LogP contribution is -2.34. The maximum absolute atomic E-state index is 13.9. The zero-order valence-corrected chi connectivity index (χ0v) is 17.1. The number of rotatable bonds is 6. The molecule has 0 spiro atoms. The van der Waals surface area contributed by atoms with Crippen LogP contribution in [-0.4, -0.2) is 23.9 Å². The molecule has 1 N–H and O–H groups in total. The minimum Gasteiger partial charge on any atom is -0.324 e. The molecule has 1 aromatic heterocycles. The Morgan fingerprint density at radius 3 is 3.04 bits per heavy atom. The first-order valence-electron chi connectivity index (χ1n) is 9.62. The van der Waals surface area contributed by atoms with E-state index in [1.807, 2.05) is 18.3 Å². The zero-order chi connectivity index (χ0) is 19.0. The zero-order valence-electron chi connectivity index (χ0n) is 15.5. The first kappa shape index (κ1) is 18.9. The van der Waals surface area contributed by atoms with E-state index in [1.165, 1.54) is 22.6 Å². The molecule has 1 atom stereocenters. The Balaban J connectivity index is 1.40. The second kappa shape index (κ2) is 7.53. The van der Waals surface area contributed by atoms with Crippen LogP contribution in [0.3, 0.4) is 0 Å². The van der Waals surface area contributed by atoms with Gasteiger partial charge in [0.2, 0.25) is 5.91 Å². The van der Waals surface area contributed by atoms with Crippen LogP contribution < -0.4 is 5.32 Å². The molecule has 1 unspecified atom stereocenters.